The van der Waals surface area contributed by atoms with Gasteiger partial charge in [0.05, 0.1) is 10.8 Å². The minimum atomic E-state index is -0.422. The van der Waals surface area contributed by atoms with Crippen LogP contribution in [-0.4, -0.2) is 19.0 Å². The van der Waals surface area contributed by atoms with Crippen LogP contribution in [0, 0.1) is 16.0 Å². The first-order valence-corrected chi connectivity index (χ1v) is 8.97. The van der Waals surface area contributed by atoms with Crippen molar-refractivity contribution in [1.29, 1.82) is 0 Å². The van der Waals surface area contributed by atoms with Crippen LogP contribution >= 0.6 is 23.2 Å². The molecule has 4 nitrogen and oxygen atoms in total. The highest BCUT2D eigenvalue weighted by Crippen LogP contribution is 2.37. The molecule has 3 aromatic carbocycles. The molecule has 0 aliphatic rings. The molecule has 0 aliphatic carbocycles. The molecule has 137 valence electrons. The second-order valence-corrected chi connectivity index (χ2v) is 7.09. The summed E-state index contributed by atoms with van der Waals surface area (Å²) in [6.07, 6.45) is 0. The van der Waals surface area contributed by atoms with E-state index in [4.69, 9.17) is 23.2 Å². The molecule has 0 unspecified atom stereocenters. The maximum absolute atomic E-state index is 11.3. The normalized spacial score (nSPS) is 10.9. The highest BCUT2D eigenvalue weighted by molar-refractivity contribution is 6.32. The van der Waals surface area contributed by atoms with Crippen LogP contribution in [0.2, 0.25) is 10.0 Å². The first-order chi connectivity index (χ1) is 12.9. The molecule has 1 radical (unpaired) electrons. The van der Waals surface area contributed by atoms with Crippen molar-refractivity contribution in [1.82, 2.24) is 0 Å². The van der Waals surface area contributed by atoms with Crippen LogP contribution in [0.4, 0.5) is 11.4 Å². The molecule has 6 heteroatoms. The maximum Gasteiger partial charge on any atom is 0.269 e. The summed E-state index contributed by atoms with van der Waals surface area (Å²) < 4.78 is 0. The third-order valence-electron chi connectivity index (χ3n) is 4.24. The smallest absolute Gasteiger partial charge is 0.269 e. The maximum atomic E-state index is 11.3. The van der Waals surface area contributed by atoms with Gasteiger partial charge in [0.1, 0.15) is 0 Å². The number of nitro benzene ring substituents is 1. The van der Waals surface area contributed by atoms with Gasteiger partial charge in [-0.1, -0.05) is 47.5 Å². The third-order valence-corrected chi connectivity index (χ3v) is 4.82. The summed E-state index contributed by atoms with van der Waals surface area (Å²) >= 11 is 12.5. The van der Waals surface area contributed by atoms with E-state index in [0.717, 1.165) is 22.7 Å². The Bertz CT molecular complexity index is 955. The van der Waals surface area contributed by atoms with Crippen LogP contribution in [0.25, 0.3) is 0 Å². The lowest BCUT2D eigenvalue weighted by atomic mass is 9.85. The summed E-state index contributed by atoms with van der Waals surface area (Å²) in [4.78, 5) is 12.8. The van der Waals surface area contributed by atoms with E-state index in [1.807, 2.05) is 55.4 Å². The number of nitrogens with zero attached hydrogens (tertiary/aromatic N) is 2. The van der Waals surface area contributed by atoms with Crippen molar-refractivity contribution < 1.29 is 4.92 Å². The van der Waals surface area contributed by atoms with Crippen molar-refractivity contribution in [2.75, 3.05) is 19.0 Å². The lowest BCUT2D eigenvalue weighted by Crippen LogP contribution is -2.10. The molecule has 0 atom stereocenters. The summed E-state index contributed by atoms with van der Waals surface area (Å²) in [5, 5.41) is 12.3. The minimum Gasteiger partial charge on any atom is -0.378 e. The minimum absolute atomic E-state index is 0.00854. The fraction of sp³-hybridized carbons (Fsp3) is 0.0952. The van der Waals surface area contributed by atoms with Crippen LogP contribution in [0.1, 0.15) is 16.7 Å². The molecule has 0 heterocycles. The average molecular weight is 400 g/mol. The Balaban J connectivity index is 2.17. The number of non-ortho nitro benzene ring substituents is 1. The number of anilines is 1. The van der Waals surface area contributed by atoms with Gasteiger partial charge in [0.25, 0.3) is 5.69 Å². The summed E-state index contributed by atoms with van der Waals surface area (Å²) in [5.74, 6) is 0.811. The number of rotatable bonds is 5. The van der Waals surface area contributed by atoms with Crippen LogP contribution < -0.4 is 4.90 Å². The van der Waals surface area contributed by atoms with Crippen LogP contribution in [0.15, 0.2) is 66.7 Å². The molecule has 0 fully saturated rings. The van der Waals surface area contributed by atoms with E-state index in [1.165, 1.54) is 12.1 Å². The zero-order valence-electron chi connectivity index (χ0n) is 14.8. The summed E-state index contributed by atoms with van der Waals surface area (Å²) in [5.41, 5.74) is 3.43. The quantitative estimate of drug-likeness (QED) is 0.300. The zero-order chi connectivity index (χ0) is 19.6. The van der Waals surface area contributed by atoms with E-state index in [1.54, 1.807) is 18.2 Å². The number of nitro groups is 1. The van der Waals surface area contributed by atoms with Crippen molar-refractivity contribution >= 4 is 34.6 Å². The summed E-state index contributed by atoms with van der Waals surface area (Å²) in [7, 11) is 3.94. The van der Waals surface area contributed by atoms with E-state index in [-0.39, 0.29) is 5.69 Å². The van der Waals surface area contributed by atoms with Gasteiger partial charge in [0.15, 0.2) is 0 Å². The van der Waals surface area contributed by atoms with Gasteiger partial charge in [-0.25, -0.2) is 0 Å². The van der Waals surface area contributed by atoms with E-state index in [9.17, 15) is 10.1 Å². The van der Waals surface area contributed by atoms with Crippen molar-refractivity contribution in [2.24, 2.45) is 0 Å². The predicted octanol–water partition coefficient (Wildman–Crippen LogP) is 5.99. The van der Waals surface area contributed by atoms with E-state index >= 15 is 0 Å². The van der Waals surface area contributed by atoms with Gasteiger partial charge in [0, 0.05) is 42.0 Å². The molecule has 0 saturated heterocycles. The zero-order valence-corrected chi connectivity index (χ0v) is 16.3. The lowest BCUT2D eigenvalue weighted by Gasteiger charge is -2.20. The van der Waals surface area contributed by atoms with Crippen molar-refractivity contribution in [2.45, 2.75) is 0 Å². The van der Waals surface area contributed by atoms with Crippen molar-refractivity contribution in [3.63, 3.8) is 0 Å². The average Bonchev–Trinajstić information content (AvgIpc) is 2.65. The molecule has 0 bridgehead atoms. The molecule has 3 rings (SSSR count). The third kappa shape index (κ3) is 4.24. The van der Waals surface area contributed by atoms with Gasteiger partial charge in [-0.15, -0.1) is 0 Å². The Hall–Kier alpha value is -2.56. The Morgan fingerprint density at radius 3 is 1.96 bits per heavy atom. The summed E-state index contributed by atoms with van der Waals surface area (Å²) in [6, 6.07) is 19.8. The monoisotopic (exact) mass is 399 g/mol. The van der Waals surface area contributed by atoms with Crippen molar-refractivity contribution in [3.05, 3.63) is 109 Å². The van der Waals surface area contributed by atoms with Gasteiger partial charge in [0.2, 0.25) is 0 Å². The SMILES string of the molecule is CN(C)c1ccc([C](c2ccc(Cl)cc2)c2cc([N+](=O)[O-])ccc2Cl)cc1. The van der Waals surface area contributed by atoms with Crippen LogP contribution in [0.5, 0.6) is 0 Å². The molecule has 0 spiro atoms. The Morgan fingerprint density at radius 2 is 1.44 bits per heavy atom. The molecule has 0 amide bonds. The first-order valence-electron chi connectivity index (χ1n) is 8.22. The molecular formula is C21H17Cl2N2O2. The Labute approximate surface area is 168 Å². The number of benzene rings is 3. The number of hydrogen-bond acceptors (Lipinski definition) is 3. The standard InChI is InChI=1S/C21H17Cl2N2O2/c1-24(2)17-9-5-15(6-10-17)21(14-3-7-16(22)8-4-14)19-13-18(25(26)27)11-12-20(19)23/h3-13H,1-2H3. The molecule has 27 heavy (non-hydrogen) atoms. The van der Waals surface area contributed by atoms with Gasteiger partial charge < -0.3 is 4.90 Å². The molecular weight excluding hydrogens is 383 g/mol. The van der Waals surface area contributed by atoms with Crippen LogP contribution in [0.3, 0.4) is 0 Å². The Morgan fingerprint density at radius 1 is 0.889 bits per heavy atom. The second kappa shape index (κ2) is 7.99. The molecule has 0 aliphatic heterocycles. The number of halogens is 2. The Kier molecular flexibility index (Phi) is 5.68. The lowest BCUT2D eigenvalue weighted by molar-refractivity contribution is -0.384. The van der Waals surface area contributed by atoms with Gasteiger partial charge in [-0.2, -0.15) is 0 Å². The topological polar surface area (TPSA) is 46.4 Å². The van der Waals surface area contributed by atoms with E-state index in [0.29, 0.717) is 15.6 Å². The fourth-order valence-corrected chi connectivity index (χ4v) is 3.18. The van der Waals surface area contributed by atoms with Gasteiger partial charge in [-0.05, 0) is 47.0 Å². The molecule has 0 aromatic heterocycles. The van der Waals surface area contributed by atoms with Gasteiger partial charge >= 0.3 is 0 Å². The first kappa shape index (κ1) is 19.2. The van der Waals surface area contributed by atoms with E-state index < -0.39 is 4.92 Å². The fourth-order valence-electron chi connectivity index (χ4n) is 2.84. The highest BCUT2D eigenvalue weighted by atomic mass is 35.5. The summed E-state index contributed by atoms with van der Waals surface area (Å²) in [6.45, 7) is 0. The van der Waals surface area contributed by atoms with E-state index in [2.05, 4.69) is 0 Å². The highest BCUT2D eigenvalue weighted by Gasteiger charge is 2.23. The molecule has 3 aromatic rings. The molecule has 0 N–H and O–H groups in total. The van der Waals surface area contributed by atoms with Gasteiger partial charge in [-0.3, -0.25) is 10.1 Å². The van der Waals surface area contributed by atoms with Crippen molar-refractivity contribution in [3.8, 4) is 0 Å². The molecule has 0 saturated carbocycles. The predicted molar refractivity (Wildman–Crippen MR) is 111 cm³/mol. The largest absolute Gasteiger partial charge is 0.378 e. The second-order valence-electron chi connectivity index (χ2n) is 6.24. The van der Waals surface area contributed by atoms with Crippen LogP contribution in [-0.2, 0) is 0 Å². The number of hydrogen-bond donors (Lipinski definition) is 0.